The molecule has 5 rings (SSSR count). The van der Waals surface area contributed by atoms with Crippen LogP contribution >= 0.6 is 0 Å². The number of hydrogen-bond acceptors (Lipinski definition) is 7. The number of pyridine rings is 1. The van der Waals surface area contributed by atoms with E-state index < -0.39 is 22.6 Å². The van der Waals surface area contributed by atoms with Gasteiger partial charge in [-0.25, -0.2) is 9.78 Å². The molecule has 0 spiro atoms. The maximum absolute atomic E-state index is 14.0. The molecule has 36 heavy (non-hydrogen) atoms. The minimum atomic E-state index is -1.11. The van der Waals surface area contributed by atoms with Gasteiger partial charge in [-0.05, 0) is 43.2 Å². The molecule has 1 amide bonds. The fourth-order valence-corrected chi connectivity index (χ4v) is 4.61. The van der Waals surface area contributed by atoms with E-state index in [4.69, 9.17) is 9.72 Å². The highest BCUT2D eigenvalue weighted by Crippen LogP contribution is 2.35. The van der Waals surface area contributed by atoms with Gasteiger partial charge in [0.15, 0.2) is 0 Å². The van der Waals surface area contributed by atoms with Crippen molar-refractivity contribution in [3.63, 3.8) is 0 Å². The molecule has 1 unspecified atom stereocenters. The average Bonchev–Trinajstić information content (AvgIpc) is 3.39. The smallest absolute Gasteiger partial charge is 0.407 e. The number of amides is 1. The van der Waals surface area contributed by atoms with E-state index in [2.05, 4.69) is 4.98 Å². The van der Waals surface area contributed by atoms with Crippen LogP contribution in [0.4, 0.5) is 10.5 Å². The standard InChI is InChI=1S/C25H21N5O6/c1-36-18-8-6-16(7-9-18)29-23(21-5-3-11-28(21)25(32)33)27-22-19(15-4-2-10-26-14-15)12-17(30(34)35)13-20(22)24(29)31/h2,4,6-10,12-14,21H,3,5,11H2,1H3,(H,32,33). The van der Waals surface area contributed by atoms with E-state index in [0.29, 0.717) is 42.0 Å². The summed E-state index contributed by atoms with van der Waals surface area (Å²) in [5.74, 6) is 0.821. The van der Waals surface area contributed by atoms with E-state index in [1.165, 1.54) is 34.9 Å². The molecule has 11 nitrogen and oxygen atoms in total. The number of carbonyl (C=O) groups is 1. The van der Waals surface area contributed by atoms with Crippen LogP contribution in [-0.2, 0) is 0 Å². The molecule has 1 aliphatic heterocycles. The summed E-state index contributed by atoms with van der Waals surface area (Å²) in [6.45, 7) is 0.312. The van der Waals surface area contributed by atoms with Crippen LogP contribution in [0.1, 0.15) is 24.7 Å². The Bertz CT molecular complexity index is 1540. The predicted molar refractivity (Wildman–Crippen MR) is 130 cm³/mol. The van der Waals surface area contributed by atoms with Crippen molar-refractivity contribution in [1.82, 2.24) is 19.4 Å². The zero-order valence-electron chi connectivity index (χ0n) is 19.2. The summed E-state index contributed by atoms with van der Waals surface area (Å²) < 4.78 is 6.56. The van der Waals surface area contributed by atoms with Gasteiger partial charge in [0.1, 0.15) is 11.6 Å². The minimum absolute atomic E-state index is 0.0440. The van der Waals surface area contributed by atoms with Crippen molar-refractivity contribution in [2.45, 2.75) is 18.9 Å². The largest absolute Gasteiger partial charge is 0.497 e. The molecule has 2 aromatic heterocycles. The lowest BCUT2D eigenvalue weighted by atomic mass is 10.0. The van der Waals surface area contributed by atoms with Gasteiger partial charge in [-0.15, -0.1) is 0 Å². The van der Waals surface area contributed by atoms with Crippen LogP contribution in [0.5, 0.6) is 5.75 Å². The molecule has 1 aliphatic rings. The van der Waals surface area contributed by atoms with Gasteiger partial charge in [-0.2, -0.15) is 0 Å². The van der Waals surface area contributed by atoms with Gasteiger partial charge in [0.05, 0.1) is 34.7 Å². The van der Waals surface area contributed by atoms with Gasteiger partial charge in [0, 0.05) is 42.2 Å². The number of ether oxygens (including phenoxy) is 1. The number of benzene rings is 2. The Morgan fingerprint density at radius 3 is 2.64 bits per heavy atom. The molecule has 0 aliphatic carbocycles. The number of carboxylic acid groups (broad SMARTS) is 1. The third kappa shape index (κ3) is 3.90. The molecule has 1 saturated heterocycles. The SMILES string of the molecule is COc1ccc(-n2c(C3CCCN3C(=O)O)nc3c(-c4cccnc4)cc([N+](=O)[O-])cc3c2=O)cc1. The van der Waals surface area contributed by atoms with Crippen LogP contribution < -0.4 is 10.3 Å². The monoisotopic (exact) mass is 487 g/mol. The Hall–Kier alpha value is -4.80. The summed E-state index contributed by atoms with van der Waals surface area (Å²) in [5.41, 5.74) is 0.807. The highest BCUT2D eigenvalue weighted by atomic mass is 16.6. The van der Waals surface area contributed by atoms with Crippen molar-refractivity contribution in [1.29, 1.82) is 0 Å². The van der Waals surface area contributed by atoms with Gasteiger partial charge < -0.3 is 9.84 Å². The zero-order valence-corrected chi connectivity index (χ0v) is 19.2. The molecule has 1 N–H and O–H groups in total. The Kier molecular flexibility index (Phi) is 5.80. The molecule has 2 aromatic carbocycles. The first-order valence-electron chi connectivity index (χ1n) is 11.2. The summed E-state index contributed by atoms with van der Waals surface area (Å²) in [6.07, 6.45) is 3.10. The predicted octanol–water partition coefficient (Wildman–Crippen LogP) is 4.18. The van der Waals surface area contributed by atoms with Crippen molar-refractivity contribution in [3.05, 3.63) is 87.2 Å². The molecule has 3 heterocycles. The molecule has 11 heteroatoms. The van der Waals surface area contributed by atoms with Gasteiger partial charge >= 0.3 is 6.09 Å². The number of nitrogens with zero attached hydrogens (tertiary/aromatic N) is 5. The van der Waals surface area contributed by atoms with Crippen molar-refractivity contribution in [2.24, 2.45) is 0 Å². The number of non-ortho nitro benzene ring substituents is 1. The molecular weight excluding hydrogens is 466 g/mol. The molecule has 182 valence electrons. The lowest BCUT2D eigenvalue weighted by Gasteiger charge is -2.25. The number of rotatable bonds is 5. The second-order valence-corrected chi connectivity index (χ2v) is 8.33. The van der Waals surface area contributed by atoms with Crippen LogP contribution in [0.2, 0.25) is 0 Å². The summed E-state index contributed by atoms with van der Waals surface area (Å²) in [6, 6.07) is 12.0. The minimum Gasteiger partial charge on any atom is -0.497 e. The summed E-state index contributed by atoms with van der Waals surface area (Å²) in [4.78, 5) is 47.3. The quantitative estimate of drug-likeness (QED) is 0.326. The van der Waals surface area contributed by atoms with E-state index in [1.807, 2.05) is 0 Å². The lowest BCUT2D eigenvalue weighted by Crippen LogP contribution is -2.34. The number of aromatic nitrogens is 3. The van der Waals surface area contributed by atoms with Gasteiger partial charge in [-0.1, -0.05) is 6.07 Å². The topological polar surface area (TPSA) is 141 Å². The maximum Gasteiger partial charge on any atom is 0.407 e. The van der Waals surface area contributed by atoms with E-state index in [1.54, 1.807) is 42.6 Å². The molecule has 0 radical (unpaired) electrons. The van der Waals surface area contributed by atoms with E-state index in [0.717, 1.165) is 0 Å². The third-order valence-corrected chi connectivity index (χ3v) is 6.29. The van der Waals surface area contributed by atoms with E-state index >= 15 is 0 Å². The fourth-order valence-electron chi connectivity index (χ4n) is 4.61. The van der Waals surface area contributed by atoms with Gasteiger partial charge in [-0.3, -0.25) is 29.4 Å². The van der Waals surface area contributed by atoms with Gasteiger partial charge in [0.2, 0.25) is 0 Å². The van der Waals surface area contributed by atoms with E-state index in [-0.39, 0.29) is 22.4 Å². The summed E-state index contributed by atoms with van der Waals surface area (Å²) >= 11 is 0. The van der Waals surface area contributed by atoms with E-state index in [9.17, 15) is 24.8 Å². The van der Waals surface area contributed by atoms with Crippen LogP contribution in [0.15, 0.2) is 65.7 Å². The lowest BCUT2D eigenvalue weighted by molar-refractivity contribution is -0.384. The van der Waals surface area contributed by atoms with Crippen molar-refractivity contribution >= 4 is 22.7 Å². The Morgan fingerprint density at radius 1 is 1.22 bits per heavy atom. The molecule has 1 atom stereocenters. The average molecular weight is 487 g/mol. The van der Waals surface area contributed by atoms with Crippen molar-refractivity contribution in [3.8, 4) is 22.6 Å². The van der Waals surface area contributed by atoms with Crippen molar-refractivity contribution in [2.75, 3.05) is 13.7 Å². The Labute approximate surface area is 204 Å². The number of fused-ring (bicyclic) bond motifs is 1. The van der Waals surface area contributed by atoms with Crippen LogP contribution in [-0.4, -0.2) is 49.2 Å². The maximum atomic E-state index is 14.0. The molecule has 1 fully saturated rings. The second kappa shape index (κ2) is 9.10. The Balaban J connectivity index is 1.88. The zero-order chi connectivity index (χ0) is 25.4. The third-order valence-electron chi connectivity index (χ3n) is 6.29. The first-order valence-corrected chi connectivity index (χ1v) is 11.2. The number of nitro benzene ring substituents is 1. The van der Waals surface area contributed by atoms with Crippen LogP contribution in [0, 0.1) is 10.1 Å². The van der Waals surface area contributed by atoms with Crippen molar-refractivity contribution < 1.29 is 19.6 Å². The molecule has 0 saturated carbocycles. The first kappa shape index (κ1) is 23.0. The van der Waals surface area contributed by atoms with Gasteiger partial charge in [0.25, 0.3) is 11.2 Å². The molecule has 4 aromatic rings. The summed E-state index contributed by atoms with van der Waals surface area (Å²) in [7, 11) is 1.52. The highest BCUT2D eigenvalue weighted by Gasteiger charge is 2.34. The number of hydrogen-bond donors (Lipinski definition) is 1. The first-order chi connectivity index (χ1) is 17.4. The van der Waals surface area contributed by atoms with Crippen LogP contribution in [0.25, 0.3) is 27.7 Å². The number of likely N-dealkylation sites (tertiary alicyclic amines) is 1. The Morgan fingerprint density at radius 2 is 2.00 bits per heavy atom. The fraction of sp³-hybridized carbons (Fsp3) is 0.200. The van der Waals surface area contributed by atoms with Crippen LogP contribution in [0.3, 0.4) is 0 Å². The molecule has 0 bridgehead atoms. The normalized spacial score (nSPS) is 15.2. The molecular formula is C25H21N5O6. The second-order valence-electron chi connectivity index (χ2n) is 8.33. The number of methoxy groups -OCH3 is 1. The highest BCUT2D eigenvalue weighted by molar-refractivity contribution is 5.95. The summed E-state index contributed by atoms with van der Waals surface area (Å²) in [5, 5.41) is 21.6. The number of nitro groups is 1.